The molecule has 110 valence electrons. The van der Waals surface area contributed by atoms with Crippen LogP contribution in [-0.2, 0) is 17.6 Å². The summed E-state index contributed by atoms with van der Waals surface area (Å²) in [6, 6.07) is 8.22. The van der Waals surface area contributed by atoms with Crippen LogP contribution in [0.2, 0.25) is 0 Å². The van der Waals surface area contributed by atoms with E-state index in [1.54, 1.807) is 0 Å². The summed E-state index contributed by atoms with van der Waals surface area (Å²) < 4.78 is 1.94. The molecule has 1 aliphatic carbocycles. The predicted octanol–water partition coefficient (Wildman–Crippen LogP) is 2.13. The van der Waals surface area contributed by atoms with E-state index >= 15 is 0 Å². The average molecular weight is 285 g/mol. The van der Waals surface area contributed by atoms with Gasteiger partial charge in [0.2, 0.25) is 0 Å². The minimum atomic E-state index is -0.705. The predicted molar refractivity (Wildman–Crippen MR) is 81.0 cm³/mol. The first-order chi connectivity index (χ1) is 10.1. The summed E-state index contributed by atoms with van der Waals surface area (Å²) in [5.41, 5.74) is 4.37. The second-order valence-corrected chi connectivity index (χ2v) is 5.72. The van der Waals surface area contributed by atoms with Gasteiger partial charge in [-0.1, -0.05) is 0 Å². The van der Waals surface area contributed by atoms with Gasteiger partial charge in [-0.3, -0.25) is 4.79 Å². The highest BCUT2D eigenvalue weighted by Gasteiger charge is 2.27. The number of carboxylic acid groups (broad SMARTS) is 1. The molecule has 5 heteroatoms. The Kier molecular flexibility index (Phi) is 3.41. The number of benzene rings is 1. The van der Waals surface area contributed by atoms with E-state index in [0.717, 1.165) is 29.1 Å². The van der Waals surface area contributed by atoms with E-state index in [4.69, 9.17) is 5.11 Å². The molecule has 21 heavy (non-hydrogen) atoms. The number of hydrogen-bond acceptors (Lipinski definition) is 3. The van der Waals surface area contributed by atoms with Gasteiger partial charge in [-0.15, -0.1) is 0 Å². The van der Waals surface area contributed by atoms with E-state index in [9.17, 15) is 4.79 Å². The Morgan fingerprint density at radius 2 is 2.05 bits per heavy atom. The Morgan fingerprint density at radius 1 is 1.33 bits per heavy atom. The molecule has 1 aromatic heterocycles. The minimum absolute atomic E-state index is 0.272. The van der Waals surface area contributed by atoms with Gasteiger partial charge in [0.1, 0.15) is 0 Å². The maximum atomic E-state index is 11.1. The van der Waals surface area contributed by atoms with Crippen molar-refractivity contribution in [3.8, 4) is 5.69 Å². The molecule has 0 bridgehead atoms. The van der Waals surface area contributed by atoms with Crippen LogP contribution in [0.5, 0.6) is 0 Å². The SMILES string of the molecule is CN(C)c1ccc(-n2ncc3c2CCC(C(=O)O)C3)cc1. The highest BCUT2D eigenvalue weighted by molar-refractivity contribution is 5.71. The molecule has 3 rings (SSSR count). The Labute approximate surface area is 123 Å². The van der Waals surface area contributed by atoms with Gasteiger partial charge in [0.15, 0.2) is 0 Å². The van der Waals surface area contributed by atoms with Crippen molar-refractivity contribution in [2.45, 2.75) is 19.3 Å². The highest BCUT2D eigenvalue weighted by Crippen LogP contribution is 2.28. The van der Waals surface area contributed by atoms with Crippen LogP contribution in [0.3, 0.4) is 0 Å². The Bertz CT molecular complexity index is 659. The van der Waals surface area contributed by atoms with E-state index in [1.165, 1.54) is 0 Å². The lowest BCUT2D eigenvalue weighted by Crippen LogP contribution is -2.22. The molecule has 5 nitrogen and oxygen atoms in total. The fraction of sp³-hybridized carbons (Fsp3) is 0.375. The number of aromatic nitrogens is 2. The first kappa shape index (κ1) is 13.7. The summed E-state index contributed by atoms with van der Waals surface area (Å²) >= 11 is 0. The topological polar surface area (TPSA) is 58.4 Å². The maximum Gasteiger partial charge on any atom is 0.306 e. The Balaban J connectivity index is 1.90. The van der Waals surface area contributed by atoms with E-state index in [1.807, 2.05) is 37.1 Å². The molecule has 0 fully saturated rings. The second kappa shape index (κ2) is 5.24. The van der Waals surface area contributed by atoms with Crippen molar-refractivity contribution >= 4 is 11.7 Å². The van der Waals surface area contributed by atoms with Gasteiger partial charge in [-0.05, 0) is 49.1 Å². The van der Waals surface area contributed by atoms with Gasteiger partial charge in [0.05, 0.1) is 17.8 Å². The Hall–Kier alpha value is -2.30. The normalized spacial score (nSPS) is 17.3. The monoisotopic (exact) mass is 285 g/mol. The third kappa shape index (κ3) is 2.51. The van der Waals surface area contributed by atoms with Gasteiger partial charge >= 0.3 is 5.97 Å². The molecule has 2 aromatic rings. The van der Waals surface area contributed by atoms with Crippen molar-refractivity contribution in [3.63, 3.8) is 0 Å². The molecule has 1 aliphatic rings. The van der Waals surface area contributed by atoms with E-state index in [-0.39, 0.29) is 5.92 Å². The molecule has 1 heterocycles. The number of hydrogen-bond donors (Lipinski definition) is 1. The molecule has 1 N–H and O–H groups in total. The van der Waals surface area contributed by atoms with Crippen LogP contribution >= 0.6 is 0 Å². The zero-order valence-electron chi connectivity index (χ0n) is 12.3. The number of fused-ring (bicyclic) bond motifs is 1. The standard InChI is InChI=1S/C16H19N3O2/c1-18(2)13-4-6-14(7-5-13)19-15-8-3-11(16(20)21)9-12(15)10-17-19/h4-7,10-11H,3,8-9H2,1-2H3,(H,20,21). The minimum Gasteiger partial charge on any atom is -0.481 e. The largest absolute Gasteiger partial charge is 0.481 e. The van der Waals surface area contributed by atoms with Crippen molar-refractivity contribution in [2.24, 2.45) is 5.92 Å². The number of rotatable bonds is 3. The molecule has 0 saturated carbocycles. The summed E-state index contributed by atoms with van der Waals surface area (Å²) in [7, 11) is 4.02. The lowest BCUT2D eigenvalue weighted by atomic mass is 9.88. The van der Waals surface area contributed by atoms with Crippen LogP contribution in [0.1, 0.15) is 17.7 Å². The van der Waals surface area contributed by atoms with Gasteiger partial charge in [0.25, 0.3) is 0 Å². The molecular weight excluding hydrogens is 266 g/mol. The summed E-state index contributed by atoms with van der Waals surface area (Å²) in [5.74, 6) is -0.977. The van der Waals surface area contributed by atoms with Crippen LogP contribution in [-0.4, -0.2) is 35.0 Å². The summed E-state index contributed by atoms with van der Waals surface area (Å²) in [6.45, 7) is 0. The number of aliphatic carboxylic acids is 1. The van der Waals surface area contributed by atoms with Crippen molar-refractivity contribution < 1.29 is 9.90 Å². The molecular formula is C16H19N3O2. The third-order valence-electron chi connectivity index (χ3n) is 4.11. The Morgan fingerprint density at radius 3 is 2.67 bits per heavy atom. The smallest absolute Gasteiger partial charge is 0.306 e. The van der Waals surface area contributed by atoms with Gasteiger partial charge in [-0.2, -0.15) is 5.10 Å². The van der Waals surface area contributed by atoms with E-state index < -0.39 is 5.97 Å². The molecule has 0 aliphatic heterocycles. The summed E-state index contributed by atoms with van der Waals surface area (Å²) in [4.78, 5) is 13.2. The van der Waals surface area contributed by atoms with Crippen LogP contribution in [0.15, 0.2) is 30.5 Å². The first-order valence-electron chi connectivity index (χ1n) is 7.12. The van der Waals surface area contributed by atoms with Crippen molar-refractivity contribution in [1.82, 2.24) is 9.78 Å². The third-order valence-corrected chi connectivity index (χ3v) is 4.11. The summed E-state index contributed by atoms with van der Waals surface area (Å²) in [6.07, 6.45) is 3.84. The van der Waals surface area contributed by atoms with E-state index in [2.05, 4.69) is 22.1 Å². The summed E-state index contributed by atoms with van der Waals surface area (Å²) in [5, 5.41) is 13.6. The maximum absolute atomic E-state index is 11.1. The molecule has 0 saturated heterocycles. The molecule has 0 amide bonds. The lowest BCUT2D eigenvalue weighted by Gasteiger charge is -2.20. The van der Waals surface area contributed by atoms with Crippen molar-refractivity contribution in [3.05, 3.63) is 41.7 Å². The van der Waals surface area contributed by atoms with E-state index in [0.29, 0.717) is 12.8 Å². The zero-order valence-corrected chi connectivity index (χ0v) is 12.3. The van der Waals surface area contributed by atoms with Gasteiger partial charge < -0.3 is 10.0 Å². The fourth-order valence-electron chi connectivity index (χ4n) is 2.85. The molecule has 1 atom stereocenters. The molecule has 1 unspecified atom stereocenters. The molecule has 0 spiro atoms. The van der Waals surface area contributed by atoms with Crippen molar-refractivity contribution in [1.29, 1.82) is 0 Å². The zero-order chi connectivity index (χ0) is 15.0. The second-order valence-electron chi connectivity index (χ2n) is 5.72. The quantitative estimate of drug-likeness (QED) is 0.938. The lowest BCUT2D eigenvalue weighted by molar-refractivity contribution is -0.142. The van der Waals surface area contributed by atoms with Crippen LogP contribution < -0.4 is 4.90 Å². The average Bonchev–Trinajstić information content (AvgIpc) is 2.90. The molecule has 0 radical (unpaired) electrons. The first-order valence-corrected chi connectivity index (χ1v) is 7.12. The molecule has 1 aromatic carbocycles. The fourth-order valence-corrected chi connectivity index (χ4v) is 2.85. The van der Waals surface area contributed by atoms with Crippen LogP contribution in [0.25, 0.3) is 5.69 Å². The van der Waals surface area contributed by atoms with Gasteiger partial charge in [0, 0.05) is 25.5 Å². The van der Waals surface area contributed by atoms with Crippen LogP contribution in [0.4, 0.5) is 5.69 Å². The highest BCUT2D eigenvalue weighted by atomic mass is 16.4. The van der Waals surface area contributed by atoms with Crippen LogP contribution in [0, 0.1) is 5.92 Å². The van der Waals surface area contributed by atoms with Gasteiger partial charge in [-0.25, -0.2) is 4.68 Å². The number of nitrogens with zero attached hydrogens (tertiary/aromatic N) is 3. The van der Waals surface area contributed by atoms with Crippen molar-refractivity contribution in [2.75, 3.05) is 19.0 Å². The number of anilines is 1. The number of carboxylic acids is 1. The number of carbonyl (C=O) groups is 1.